The summed E-state index contributed by atoms with van der Waals surface area (Å²) in [5.74, 6) is 0.999. The molecule has 1 aromatic heterocycles. The predicted molar refractivity (Wildman–Crippen MR) is 71.1 cm³/mol. The van der Waals surface area contributed by atoms with Gasteiger partial charge in [0.1, 0.15) is 5.69 Å². The van der Waals surface area contributed by atoms with Gasteiger partial charge in [0.25, 0.3) is 0 Å². The number of carbonyl (C=O) groups is 1. The SMILES string of the molecule is CCn1ncc(Br)c1C(=O)CCC1CCCC1. The summed E-state index contributed by atoms with van der Waals surface area (Å²) in [5, 5.41) is 4.18. The summed E-state index contributed by atoms with van der Waals surface area (Å²) >= 11 is 3.41. The molecule has 0 amide bonds. The van der Waals surface area contributed by atoms with Crippen LogP contribution in [-0.2, 0) is 6.54 Å². The second-order valence-electron chi connectivity index (χ2n) is 4.77. The lowest BCUT2D eigenvalue weighted by Gasteiger charge is -2.08. The van der Waals surface area contributed by atoms with Crippen LogP contribution >= 0.6 is 15.9 Å². The molecule has 0 radical (unpaired) electrons. The molecule has 1 aromatic rings. The van der Waals surface area contributed by atoms with Crippen molar-refractivity contribution in [2.24, 2.45) is 5.92 Å². The van der Waals surface area contributed by atoms with Crippen LogP contribution in [0.25, 0.3) is 0 Å². The zero-order chi connectivity index (χ0) is 12.3. The quantitative estimate of drug-likeness (QED) is 0.775. The van der Waals surface area contributed by atoms with E-state index in [1.165, 1.54) is 25.7 Å². The molecule has 2 rings (SSSR count). The number of rotatable bonds is 5. The second-order valence-corrected chi connectivity index (χ2v) is 5.62. The molecule has 0 unspecified atom stereocenters. The van der Waals surface area contributed by atoms with E-state index in [2.05, 4.69) is 21.0 Å². The third-order valence-corrected chi connectivity index (χ3v) is 4.19. The fraction of sp³-hybridized carbons (Fsp3) is 0.692. The largest absolute Gasteiger partial charge is 0.292 e. The Bertz CT molecular complexity index is 394. The van der Waals surface area contributed by atoms with Crippen LogP contribution in [-0.4, -0.2) is 15.6 Å². The highest BCUT2D eigenvalue weighted by Gasteiger charge is 2.20. The lowest BCUT2D eigenvalue weighted by molar-refractivity contribution is 0.0962. The third-order valence-electron chi connectivity index (χ3n) is 3.61. The first-order chi connectivity index (χ1) is 8.22. The zero-order valence-electron chi connectivity index (χ0n) is 10.3. The van der Waals surface area contributed by atoms with Crippen LogP contribution in [0.1, 0.15) is 55.9 Å². The van der Waals surface area contributed by atoms with Gasteiger partial charge < -0.3 is 0 Å². The fourth-order valence-electron chi connectivity index (χ4n) is 2.63. The molecular formula is C13H19BrN2O. The van der Waals surface area contributed by atoms with Gasteiger partial charge in [-0.2, -0.15) is 5.10 Å². The van der Waals surface area contributed by atoms with Crippen molar-refractivity contribution in [2.45, 2.75) is 52.0 Å². The molecule has 0 saturated heterocycles. The van der Waals surface area contributed by atoms with E-state index in [9.17, 15) is 4.79 Å². The molecule has 1 heterocycles. The van der Waals surface area contributed by atoms with E-state index in [0.29, 0.717) is 6.42 Å². The lowest BCUT2D eigenvalue weighted by atomic mass is 9.99. The molecule has 0 aromatic carbocycles. The summed E-state index contributed by atoms with van der Waals surface area (Å²) in [6.45, 7) is 2.75. The van der Waals surface area contributed by atoms with Crippen LogP contribution in [0.15, 0.2) is 10.7 Å². The summed E-state index contributed by atoms with van der Waals surface area (Å²) in [7, 11) is 0. The molecule has 1 aliphatic carbocycles. The van der Waals surface area contributed by atoms with Gasteiger partial charge in [0.05, 0.1) is 10.7 Å². The highest BCUT2D eigenvalue weighted by Crippen LogP contribution is 2.29. The monoisotopic (exact) mass is 298 g/mol. The van der Waals surface area contributed by atoms with Crippen molar-refractivity contribution in [3.8, 4) is 0 Å². The molecule has 0 spiro atoms. The number of ketones is 1. The van der Waals surface area contributed by atoms with E-state index in [4.69, 9.17) is 0 Å². The Morgan fingerprint density at radius 2 is 2.24 bits per heavy atom. The molecular weight excluding hydrogens is 280 g/mol. The van der Waals surface area contributed by atoms with Crippen LogP contribution in [0.5, 0.6) is 0 Å². The normalized spacial score (nSPS) is 16.6. The lowest BCUT2D eigenvalue weighted by Crippen LogP contribution is -2.11. The van der Waals surface area contributed by atoms with E-state index < -0.39 is 0 Å². The fourth-order valence-corrected chi connectivity index (χ4v) is 3.15. The Kier molecular flexibility index (Phi) is 4.37. The van der Waals surface area contributed by atoms with Crippen LogP contribution in [0.2, 0.25) is 0 Å². The van der Waals surface area contributed by atoms with Crippen LogP contribution in [0.4, 0.5) is 0 Å². The van der Waals surface area contributed by atoms with Gasteiger partial charge in [0, 0.05) is 13.0 Å². The maximum absolute atomic E-state index is 12.2. The van der Waals surface area contributed by atoms with Crippen molar-refractivity contribution in [1.82, 2.24) is 9.78 Å². The molecule has 0 atom stereocenters. The second kappa shape index (κ2) is 5.80. The highest BCUT2D eigenvalue weighted by molar-refractivity contribution is 9.10. The summed E-state index contributed by atoms with van der Waals surface area (Å²) in [6.07, 6.45) is 8.72. The predicted octanol–water partition coefficient (Wildman–Crippen LogP) is 3.82. The maximum atomic E-state index is 12.2. The van der Waals surface area contributed by atoms with E-state index in [-0.39, 0.29) is 5.78 Å². The molecule has 94 valence electrons. The number of aryl methyl sites for hydroxylation is 1. The number of nitrogens with zero attached hydrogens (tertiary/aromatic N) is 2. The number of hydrogen-bond acceptors (Lipinski definition) is 2. The summed E-state index contributed by atoms with van der Waals surface area (Å²) in [6, 6.07) is 0. The van der Waals surface area contributed by atoms with Crippen molar-refractivity contribution in [3.63, 3.8) is 0 Å². The number of Topliss-reactive ketones (excluding diaryl/α,β-unsaturated/α-hetero) is 1. The van der Waals surface area contributed by atoms with Gasteiger partial charge >= 0.3 is 0 Å². The Labute approximate surface area is 111 Å². The summed E-state index contributed by atoms with van der Waals surface area (Å²) in [5.41, 5.74) is 0.741. The summed E-state index contributed by atoms with van der Waals surface area (Å²) < 4.78 is 2.61. The zero-order valence-corrected chi connectivity index (χ0v) is 11.9. The van der Waals surface area contributed by atoms with E-state index >= 15 is 0 Å². The molecule has 0 bridgehead atoms. The van der Waals surface area contributed by atoms with Crippen molar-refractivity contribution < 1.29 is 4.79 Å². The van der Waals surface area contributed by atoms with Gasteiger partial charge in [-0.3, -0.25) is 9.48 Å². The Balaban J connectivity index is 1.96. The maximum Gasteiger partial charge on any atom is 0.182 e. The number of hydrogen-bond donors (Lipinski definition) is 0. The van der Waals surface area contributed by atoms with Gasteiger partial charge in [-0.25, -0.2) is 0 Å². The number of halogens is 1. The van der Waals surface area contributed by atoms with Gasteiger partial charge in [-0.1, -0.05) is 25.7 Å². The minimum Gasteiger partial charge on any atom is -0.292 e. The summed E-state index contributed by atoms with van der Waals surface area (Å²) in [4.78, 5) is 12.2. The molecule has 1 fully saturated rings. The van der Waals surface area contributed by atoms with Crippen molar-refractivity contribution >= 4 is 21.7 Å². The van der Waals surface area contributed by atoms with Crippen LogP contribution in [0, 0.1) is 5.92 Å². The van der Waals surface area contributed by atoms with E-state index in [1.54, 1.807) is 10.9 Å². The average molecular weight is 299 g/mol. The first kappa shape index (κ1) is 12.8. The Morgan fingerprint density at radius 3 is 2.88 bits per heavy atom. The van der Waals surface area contributed by atoms with Gasteiger partial charge in [0.15, 0.2) is 5.78 Å². The third kappa shape index (κ3) is 2.97. The number of aromatic nitrogens is 2. The number of carbonyl (C=O) groups excluding carboxylic acids is 1. The van der Waals surface area contributed by atoms with Crippen molar-refractivity contribution in [2.75, 3.05) is 0 Å². The van der Waals surface area contributed by atoms with Gasteiger partial charge in [-0.15, -0.1) is 0 Å². The van der Waals surface area contributed by atoms with Crippen LogP contribution in [0.3, 0.4) is 0 Å². The van der Waals surface area contributed by atoms with Crippen molar-refractivity contribution in [1.29, 1.82) is 0 Å². The average Bonchev–Trinajstić information content (AvgIpc) is 2.94. The Morgan fingerprint density at radius 1 is 1.53 bits per heavy atom. The molecule has 1 saturated carbocycles. The smallest absolute Gasteiger partial charge is 0.182 e. The molecule has 0 N–H and O–H groups in total. The Hall–Kier alpha value is -0.640. The standard InChI is InChI=1S/C13H19BrN2O/c1-2-16-13(11(14)9-15-16)12(17)8-7-10-5-3-4-6-10/h9-10H,2-8H2,1H3. The molecule has 0 aliphatic heterocycles. The molecule has 4 heteroatoms. The topological polar surface area (TPSA) is 34.9 Å². The van der Waals surface area contributed by atoms with E-state index in [1.807, 2.05) is 6.92 Å². The van der Waals surface area contributed by atoms with Crippen LogP contribution < -0.4 is 0 Å². The minimum absolute atomic E-state index is 0.225. The first-order valence-corrected chi connectivity index (χ1v) is 7.26. The minimum atomic E-state index is 0.225. The first-order valence-electron chi connectivity index (χ1n) is 6.47. The van der Waals surface area contributed by atoms with E-state index in [0.717, 1.165) is 29.1 Å². The van der Waals surface area contributed by atoms with Gasteiger partial charge in [0.2, 0.25) is 0 Å². The molecule has 1 aliphatic rings. The highest BCUT2D eigenvalue weighted by atomic mass is 79.9. The van der Waals surface area contributed by atoms with Crippen molar-refractivity contribution in [3.05, 3.63) is 16.4 Å². The molecule has 17 heavy (non-hydrogen) atoms. The molecule has 3 nitrogen and oxygen atoms in total. The van der Waals surface area contributed by atoms with Gasteiger partial charge in [-0.05, 0) is 35.2 Å².